The molecule has 1 aromatic rings. The van der Waals surface area contributed by atoms with Crippen molar-refractivity contribution in [2.24, 2.45) is 0 Å². The molecule has 3 heteroatoms. The Hall–Kier alpha value is -1.38. The fraction of sp³-hybridized carbons (Fsp3) is 0.333. The Kier molecular flexibility index (Phi) is 2.43. The molecule has 12 heavy (non-hydrogen) atoms. The zero-order chi connectivity index (χ0) is 9.14. The van der Waals surface area contributed by atoms with E-state index in [4.69, 9.17) is 5.11 Å². The van der Waals surface area contributed by atoms with Crippen LogP contribution < -0.4 is 0 Å². The van der Waals surface area contributed by atoms with Gasteiger partial charge in [0.25, 0.3) is 0 Å². The van der Waals surface area contributed by atoms with Crippen LogP contribution in [0.2, 0.25) is 0 Å². The smallest absolute Gasteiger partial charge is 0.354 e. The molecule has 1 heterocycles. The summed E-state index contributed by atoms with van der Waals surface area (Å²) in [7, 11) is 0. The number of rotatable bonds is 2. The lowest BCUT2D eigenvalue weighted by molar-refractivity contribution is 0.0690. The third-order valence-electron chi connectivity index (χ3n) is 1.82. The van der Waals surface area contributed by atoms with Crippen molar-refractivity contribution < 1.29 is 9.90 Å². The Balaban J connectivity index is 3.10. The highest BCUT2D eigenvalue weighted by Crippen LogP contribution is 2.08. The van der Waals surface area contributed by atoms with Crippen LogP contribution in [0.5, 0.6) is 0 Å². The van der Waals surface area contributed by atoms with Crippen molar-refractivity contribution in [3.05, 3.63) is 29.1 Å². The third kappa shape index (κ3) is 1.61. The fourth-order valence-electron chi connectivity index (χ4n) is 1.07. The van der Waals surface area contributed by atoms with Gasteiger partial charge >= 0.3 is 5.97 Å². The molecule has 0 atom stereocenters. The van der Waals surface area contributed by atoms with Crippen LogP contribution in [0.3, 0.4) is 0 Å². The zero-order valence-corrected chi connectivity index (χ0v) is 7.16. The van der Waals surface area contributed by atoms with Gasteiger partial charge in [-0.25, -0.2) is 9.78 Å². The minimum Gasteiger partial charge on any atom is -0.477 e. The molecular weight excluding hydrogens is 154 g/mol. The van der Waals surface area contributed by atoms with Crippen LogP contribution in [0.25, 0.3) is 0 Å². The Morgan fingerprint density at radius 3 is 2.75 bits per heavy atom. The normalized spacial score (nSPS) is 9.83. The van der Waals surface area contributed by atoms with Crippen LogP contribution >= 0.6 is 0 Å². The molecule has 0 amide bonds. The van der Waals surface area contributed by atoms with E-state index in [-0.39, 0.29) is 5.69 Å². The summed E-state index contributed by atoms with van der Waals surface area (Å²) in [5.74, 6) is -0.972. The number of carbonyl (C=O) groups is 1. The van der Waals surface area contributed by atoms with E-state index < -0.39 is 5.97 Å². The van der Waals surface area contributed by atoms with E-state index in [2.05, 4.69) is 4.98 Å². The maximum Gasteiger partial charge on any atom is 0.354 e. The average Bonchev–Trinajstić information content (AvgIpc) is 2.04. The first kappa shape index (κ1) is 8.71. The predicted octanol–water partition coefficient (Wildman–Crippen LogP) is 1.65. The van der Waals surface area contributed by atoms with Gasteiger partial charge in [0.1, 0.15) is 5.69 Å². The largest absolute Gasteiger partial charge is 0.477 e. The first-order valence-corrected chi connectivity index (χ1v) is 3.84. The summed E-state index contributed by atoms with van der Waals surface area (Å²) in [6, 6.07) is 1.60. The van der Waals surface area contributed by atoms with Crippen LogP contribution in [0.4, 0.5) is 0 Å². The first-order valence-electron chi connectivity index (χ1n) is 3.84. The summed E-state index contributed by atoms with van der Waals surface area (Å²) in [5.41, 5.74) is 2.20. The van der Waals surface area contributed by atoms with E-state index in [0.29, 0.717) is 0 Å². The van der Waals surface area contributed by atoms with E-state index >= 15 is 0 Å². The van der Waals surface area contributed by atoms with E-state index in [1.54, 1.807) is 12.3 Å². The quantitative estimate of drug-likeness (QED) is 0.724. The van der Waals surface area contributed by atoms with E-state index in [9.17, 15) is 4.79 Å². The van der Waals surface area contributed by atoms with Crippen molar-refractivity contribution in [3.8, 4) is 0 Å². The van der Waals surface area contributed by atoms with Gasteiger partial charge in [0.2, 0.25) is 0 Å². The summed E-state index contributed by atoms with van der Waals surface area (Å²) >= 11 is 0. The van der Waals surface area contributed by atoms with Gasteiger partial charge in [-0.05, 0) is 30.5 Å². The highest BCUT2D eigenvalue weighted by molar-refractivity contribution is 5.85. The van der Waals surface area contributed by atoms with Gasteiger partial charge in [-0.1, -0.05) is 6.92 Å². The van der Waals surface area contributed by atoms with Crippen molar-refractivity contribution in [1.29, 1.82) is 0 Å². The molecule has 3 nitrogen and oxygen atoms in total. The number of hydrogen-bond acceptors (Lipinski definition) is 2. The van der Waals surface area contributed by atoms with Gasteiger partial charge in [0.05, 0.1) is 0 Å². The summed E-state index contributed by atoms with van der Waals surface area (Å²) in [4.78, 5) is 14.3. The minimum absolute atomic E-state index is 0.115. The molecule has 0 bridgehead atoms. The molecule has 0 unspecified atom stereocenters. The van der Waals surface area contributed by atoms with Crippen molar-refractivity contribution >= 4 is 5.97 Å². The number of aromatic nitrogens is 1. The molecule has 0 aliphatic heterocycles. The number of carboxylic acids is 1. The second-order valence-corrected chi connectivity index (χ2v) is 2.65. The second kappa shape index (κ2) is 3.34. The fourth-order valence-corrected chi connectivity index (χ4v) is 1.07. The van der Waals surface area contributed by atoms with Crippen LogP contribution in [0.15, 0.2) is 12.3 Å². The minimum atomic E-state index is -0.972. The molecule has 0 fully saturated rings. The van der Waals surface area contributed by atoms with Crippen LogP contribution in [-0.2, 0) is 6.42 Å². The Morgan fingerprint density at radius 2 is 2.33 bits per heavy atom. The van der Waals surface area contributed by atoms with Crippen LogP contribution in [-0.4, -0.2) is 16.1 Å². The van der Waals surface area contributed by atoms with Gasteiger partial charge < -0.3 is 5.11 Å². The molecule has 1 rings (SSSR count). The summed E-state index contributed by atoms with van der Waals surface area (Å²) in [5, 5.41) is 8.61. The van der Waals surface area contributed by atoms with Crippen LogP contribution in [0, 0.1) is 6.92 Å². The third-order valence-corrected chi connectivity index (χ3v) is 1.82. The van der Waals surface area contributed by atoms with Crippen LogP contribution in [0.1, 0.15) is 28.5 Å². The maximum atomic E-state index is 10.5. The lowest BCUT2D eigenvalue weighted by atomic mass is 10.1. The molecular formula is C9H11NO2. The molecule has 0 aromatic carbocycles. The first-order chi connectivity index (χ1) is 5.65. The Labute approximate surface area is 71.1 Å². The molecule has 0 radical (unpaired) electrons. The Morgan fingerprint density at radius 1 is 1.67 bits per heavy atom. The van der Waals surface area contributed by atoms with Crippen molar-refractivity contribution in [2.45, 2.75) is 20.3 Å². The number of nitrogens with zero attached hydrogens (tertiary/aromatic N) is 1. The number of carboxylic acid groups (broad SMARTS) is 1. The number of pyridine rings is 1. The van der Waals surface area contributed by atoms with Gasteiger partial charge in [-0.3, -0.25) is 0 Å². The zero-order valence-electron chi connectivity index (χ0n) is 7.16. The van der Waals surface area contributed by atoms with Crippen molar-refractivity contribution in [3.63, 3.8) is 0 Å². The topological polar surface area (TPSA) is 50.2 Å². The van der Waals surface area contributed by atoms with Crippen molar-refractivity contribution in [2.75, 3.05) is 0 Å². The van der Waals surface area contributed by atoms with Crippen molar-refractivity contribution in [1.82, 2.24) is 4.98 Å². The molecule has 64 valence electrons. The van der Waals surface area contributed by atoms with Gasteiger partial charge in [-0.2, -0.15) is 0 Å². The lowest BCUT2D eigenvalue weighted by Crippen LogP contribution is -2.01. The van der Waals surface area contributed by atoms with Gasteiger partial charge in [-0.15, -0.1) is 0 Å². The number of aryl methyl sites for hydroxylation is 2. The SMILES string of the molecule is CCc1cnc(C(=O)O)cc1C. The molecule has 0 aliphatic rings. The molecule has 1 aromatic heterocycles. The van der Waals surface area contributed by atoms with E-state index in [1.165, 1.54) is 0 Å². The van der Waals surface area contributed by atoms with Gasteiger partial charge in [0.15, 0.2) is 0 Å². The maximum absolute atomic E-state index is 10.5. The predicted molar refractivity (Wildman–Crippen MR) is 45.3 cm³/mol. The number of hydrogen-bond donors (Lipinski definition) is 1. The molecule has 1 N–H and O–H groups in total. The summed E-state index contributed by atoms with van der Waals surface area (Å²) in [6.07, 6.45) is 2.51. The molecule has 0 spiro atoms. The molecule has 0 aliphatic carbocycles. The van der Waals surface area contributed by atoms with Gasteiger partial charge in [0, 0.05) is 6.20 Å². The Bertz CT molecular complexity index is 307. The summed E-state index contributed by atoms with van der Waals surface area (Å²) in [6.45, 7) is 3.91. The molecule has 0 saturated heterocycles. The standard InChI is InChI=1S/C9H11NO2/c1-3-7-5-10-8(9(11)12)4-6(7)2/h4-5H,3H2,1-2H3,(H,11,12). The molecule has 0 saturated carbocycles. The second-order valence-electron chi connectivity index (χ2n) is 2.65. The highest BCUT2D eigenvalue weighted by Gasteiger charge is 2.05. The lowest BCUT2D eigenvalue weighted by Gasteiger charge is -2.01. The van der Waals surface area contributed by atoms with E-state index in [0.717, 1.165) is 17.5 Å². The monoisotopic (exact) mass is 165 g/mol. The number of aromatic carboxylic acids is 1. The highest BCUT2D eigenvalue weighted by atomic mass is 16.4. The van der Waals surface area contributed by atoms with E-state index in [1.807, 2.05) is 13.8 Å². The summed E-state index contributed by atoms with van der Waals surface area (Å²) < 4.78 is 0. The average molecular weight is 165 g/mol.